The van der Waals surface area contributed by atoms with Crippen LogP contribution in [0.4, 0.5) is 0 Å². The summed E-state index contributed by atoms with van der Waals surface area (Å²) in [5, 5.41) is 3.44. The van der Waals surface area contributed by atoms with Crippen LogP contribution in [-0.4, -0.2) is 13.1 Å². The summed E-state index contributed by atoms with van der Waals surface area (Å²) in [7, 11) is 0. The fourth-order valence-corrected chi connectivity index (χ4v) is 1.94. The van der Waals surface area contributed by atoms with Gasteiger partial charge in [0, 0.05) is 6.54 Å². The Morgan fingerprint density at radius 3 is 2.75 bits per heavy atom. The maximum absolute atomic E-state index is 3.44. The van der Waals surface area contributed by atoms with E-state index in [-0.39, 0.29) is 0 Å². The molecule has 0 saturated carbocycles. The minimum absolute atomic E-state index is 0.802. The lowest BCUT2D eigenvalue weighted by atomic mass is 9.90. The lowest BCUT2D eigenvalue weighted by molar-refractivity contribution is 0.515. The van der Waals surface area contributed by atoms with Crippen molar-refractivity contribution in [3.8, 4) is 0 Å². The summed E-state index contributed by atoms with van der Waals surface area (Å²) >= 11 is 0. The normalized spacial score (nSPS) is 31.1. The lowest BCUT2D eigenvalue weighted by Gasteiger charge is -2.14. The van der Waals surface area contributed by atoms with Crippen molar-refractivity contribution < 1.29 is 0 Å². The van der Waals surface area contributed by atoms with Crippen LogP contribution in [0.15, 0.2) is 11.6 Å². The second-order valence-corrected chi connectivity index (χ2v) is 3.98. The van der Waals surface area contributed by atoms with Gasteiger partial charge in [0.15, 0.2) is 0 Å². The van der Waals surface area contributed by atoms with Crippen molar-refractivity contribution >= 4 is 0 Å². The largest absolute Gasteiger partial charge is 0.316 e. The minimum atomic E-state index is 0.802. The fraction of sp³-hybridized carbons (Fsp3) is 0.818. The van der Waals surface area contributed by atoms with E-state index in [4.69, 9.17) is 0 Å². The molecule has 1 rings (SSSR count). The molecule has 0 aromatic rings. The maximum Gasteiger partial charge on any atom is 0.00199 e. The van der Waals surface area contributed by atoms with Crippen LogP contribution in [0.25, 0.3) is 0 Å². The Morgan fingerprint density at radius 1 is 1.50 bits per heavy atom. The molecule has 2 atom stereocenters. The zero-order chi connectivity index (χ0) is 8.97. The quantitative estimate of drug-likeness (QED) is 0.637. The Bertz CT molecular complexity index is 160. The smallest absolute Gasteiger partial charge is 0.00199 e. The molecular weight excluding hydrogens is 146 g/mol. The summed E-state index contributed by atoms with van der Waals surface area (Å²) < 4.78 is 0. The molecule has 0 aliphatic carbocycles. The summed E-state index contributed by atoms with van der Waals surface area (Å²) in [6.07, 6.45) is 4.93. The Kier molecular flexibility index (Phi) is 3.80. The Balaban J connectivity index is 2.45. The van der Waals surface area contributed by atoms with E-state index < -0.39 is 0 Å². The first kappa shape index (κ1) is 9.79. The number of unbranched alkanes of at least 4 members (excludes halogenated alkanes) is 1. The fourth-order valence-electron chi connectivity index (χ4n) is 1.94. The predicted octanol–water partition coefficient (Wildman–Crippen LogP) is 2.59. The summed E-state index contributed by atoms with van der Waals surface area (Å²) in [6.45, 7) is 9.24. The highest BCUT2D eigenvalue weighted by Gasteiger charge is 2.23. The van der Waals surface area contributed by atoms with Gasteiger partial charge in [-0.25, -0.2) is 0 Å². The molecule has 0 radical (unpaired) electrons. The van der Waals surface area contributed by atoms with Crippen LogP contribution in [0.2, 0.25) is 0 Å². The lowest BCUT2D eigenvalue weighted by Crippen LogP contribution is -2.10. The van der Waals surface area contributed by atoms with Crippen molar-refractivity contribution in [2.45, 2.75) is 33.6 Å². The van der Waals surface area contributed by atoms with Gasteiger partial charge in [0.2, 0.25) is 0 Å². The second kappa shape index (κ2) is 4.66. The van der Waals surface area contributed by atoms with Gasteiger partial charge in [-0.1, -0.05) is 31.9 Å². The molecule has 1 heterocycles. The summed E-state index contributed by atoms with van der Waals surface area (Å²) in [4.78, 5) is 0. The molecule has 1 saturated heterocycles. The molecule has 0 spiro atoms. The first-order chi connectivity index (χ1) is 5.75. The molecule has 1 nitrogen and oxygen atoms in total. The van der Waals surface area contributed by atoms with Crippen LogP contribution in [0.5, 0.6) is 0 Å². The van der Waals surface area contributed by atoms with Crippen LogP contribution in [0, 0.1) is 11.8 Å². The van der Waals surface area contributed by atoms with E-state index in [1.165, 1.54) is 25.9 Å². The third-order valence-corrected chi connectivity index (χ3v) is 2.86. The van der Waals surface area contributed by atoms with E-state index in [1.54, 1.807) is 5.57 Å². The molecule has 12 heavy (non-hydrogen) atoms. The summed E-state index contributed by atoms with van der Waals surface area (Å²) in [5.74, 6) is 1.63. The first-order valence-corrected chi connectivity index (χ1v) is 5.13. The molecule has 1 aliphatic rings. The van der Waals surface area contributed by atoms with E-state index in [1.807, 2.05) is 0 Å². The Labute approximate surface area is 76.2 Å². The second-order valence-electron chi connectivity index (χ2n) is 3.98. The van der Waals surface area contributed by atoms with Gasteiger partial charge in [0.05, 0.1) is 0 Å². The van der Waals surface area contributed by atoms with Crippen molar-refractivity contribution in [1.29, 1.82) is 0 Å². The highest BCUT2D eigenvalue weighted by Crippen LogP contribution is 2.23. The van der Waals surface area contributed by atoms with Crippen molar-refractivity contribution in [3.05, 3.63) is 11.6 Å². The van der Waals surface area contributed by atoms with E-state index in [2.05, 4.69) is 32.2 Å². The summed E-state index contributed by atoms with van der Waals surface area (Å²) in [6, 6.07) is 0. The van der Waals surface area contributed by atoms with Gasteiger partial charge in [-0.15, -0.1) is 0 Å². The monoisotopic (exact) mass is 167 g/mol. The molecular formula is C11H21N. The van der Waals surface area contributed by atoms with Gasteiger partial charge in [-0.05, 0) is 31.7 Å². The Hall–Kier alpha value is -0.300. The number of hydrogen-bond donors (Lipinski definition) is 1. The number of nitrogens with one attached hydrogen (secondary N) is 1. The molecule has 0 amide bonds. The van der Waals surface area contributed by atoms with Crippen LogP contribution in [0.3, 0.4) is 0 Å². The van der Waals surface area contributed by atoms with Crippen LogP contribution < -0.4 is 5.32 Å². The van der Waals surface area contributed by atoms with Crippen molar-refractivity contribution in [3.63, 3.8) is 0 Å². The van der Waals surface area contributed by atoms with Crippen molar-refractivity contribution in [2.24, 2.45) is 11.8 Å². The van der Waals surface area contributed by atoms with Gasteiger partial charge in [0.25, 0.3) is 0 Å². The highest BCUT2D eigenvalue weighted by molar-refractivity contribution is 5.07. The maximum atomic E-state index is 3.44. The van der Waals surface area contributed by atoms with E-state index >= 15 is 0 Å². The molecule has 1 aliphatic heterocycles. The third kappa shape index (κ3) is 2.34. The Morgan fingerprint density at radius 2 is 2.25 bits per heavy atom. The third-order valence-electron chi connectivity index (χ3n) is 2.86. The number of rotatable bonds is 3. The van der Waals surface area contributed by atoms with Gasteiger partial charge >= 0.3 is 0 Å². The SMILES string of the molecule is CCC/C=C(/C)C1CNCC1C. The van der Waals surface area contributed by atoms with E-state index in [0.29, 0.717) is 0 Å². The molecule has 0 aromatic carbocycles. The van der Waals surface area contributed by atoms with Gasteiger partial charge in [-0.3, -0.25) is 0 Å². The predicted molar refractivity (Wildman–Crippen MR) is 54.2 cm³/mol. The number of hydrogen-bond acceptors (Lipinski definition) is 1. The van der Waals surface area contributed by atoms with Gasteiger partial charge < -0.3 is 5.32 Å². The minimum Gasteiger partial charge on any atom is -0.316 e. The average Bonchev–Trinajstić information content (AvgIpc) is 2.47. The van der Waals surface area contributed by atoms with Gasteiger partial charge in [0.1, 0.15) is 0 Å². The molecule has 2 unspecified atom stereocenters. The molecule has 1 heteroatoms. The van der Waals surface area contributed by atoms with Crippen molar-refractivity contribution in [1.82, 2.24) is 5.32 Å². The van der Waals surface area contributed by atoms with E-state index in [0.717, 1.165) is 11.8 Å². The number of allylic oxidation sites excluding steroid dienone is 1. The zero-order valence-corrected chi connectivity index (χ0v) is 8.56. The van der Waals surface area contributed by atoms with Crippen molar-refractivity contribution in [2.75, 3.05) is 13.1 Å². The topological polar surface area (TPSA) is 12.0 Å². The molecule has 70 valence electrons. The van der Waals surface area contributed by atoms with Crippen LogP contribution >= 0.6 is 0 Å². The van der Waals surface area contributed by atoms with Gasteiger partial charge in [-0.2, -0.15) is 0 Å². The zero-order valence-electron chi connectivity index (χ0n) is 8.56. The summed E-state index contributed by atoms with van der Waals surface area (Å²) in [5.41, 5.74) is 1.59. The molecule has 0 aromatic heterocycles. The average molecular weight is 167 g/mol. The molecule has 0 bridgehead atoms. The van der Waals surface area contributed by atoms with Crippen LogP contribution in [-0.2, 0) is 0 Å². The van der Waals surface area contributed by atoms with E-state index in [9.17, 15) is 0 Å². The first-order valence-electron chi connectivity index (χ1n) is 5.13. The standard InChI is InChI=1S/C11H21N/c1-4-5-6-9(2)11-8-12-7-10(11)3/h6,10-12H,4-5,7-8H2,1-3H3/b9-6-. The molecule has 1 fully saturated rings. The molecule has 1 N–H and O–H groups in total. The van der Waals surface area contributed by atoms with Crippen LogP contribution in [0.1, 0.15) is 33.6 Å². The highest BCUT2D eigenvalue weighted by atomic mass is 14.9.